The minimum atomic E-state index is 0.469. The van der Waals surface area contributed by atoms with Gasteiger partial charge in [-0.15, -0.1) is 0 Å². The first-order chi connectivity index (χ1) is 8.04. The lowest BCUT2D eigenvalue weighted by atomic mass is 10.1. The quantitative estimate of drug-likeness (QED) is 0.765. The SMILES string of the molecule is COc1ccc2cc(C(C)C)n(C(C)C)c2c1. The standard InChI is InChI=1S/C15H21NO/c1-10(2)14-8-12-6-7-13(17-5)9-15(12)16(14)11(3)4/h6-11H,1-5H3. The molecule has 0 fully saturated rings. The first-order valence-corrected chi connectivity index (χ1v) is 6.23. The van der Waals surface area contributed by atoms with Gasteiger partial charge in [-0.3, -0.25) is 0 Å². The fourth-order valence-corrected chi connectivity index (χ4v) is 2.37. The lowest BCUT2D eigenvalue weighted by Gasteiger charge is -2.17. The molecule has 0 atom stereocenters. The molecule has 0 spiro atoms. The van der Waals surface area contributed by atoms with Crippen molar-refractivity contribution < 1.29 is 4.74 Å². The van der Waals surface area contributed by atoms with Crippen molar-refractivity contribution in [3.63, 3.8) is 0 Å². The average Bonchev–Trinajstić information content (AvgIpc) is 2.66. The van der Waals surface area contributed by atoms with Crippen molar-refractivity contribution in [1.29, 1.82) is 0 Å². The zero-order valence-electron chi connectivity index (χ0n) is 11.3. The molecule has 2 nitrogen and oxygen atoms in total. The van der Waals surface area contributed by atoms with E-state index in [1.807, 2.05) is 6.07 Å². The van der Waals surface area contributed by atoms with E-state index < -0.39 is 0 Å². The fraction of sp³-hybridized carbons (Fsp3) is 0.467. The zero-order valence-corrected chi connectivity index (χ0v) is 11.3. The molecule has 0 amide bonds. The van der Waals surface area contributed by atoms with Crippen LogP contribution in [0.25, 0.3) is 10.9 Å². The van der Waals surface area contributed by atoms with Gasteiger partial charge in [0.2, 0.25) is 0 Å². The number of benzene rings is 1. The molecule has 17 heavy (non-hydrogen) atoms. The lowest BCUT2D eigenvalue weighted by molar-refractivity contribution is 0.415. The Labute approximate surface area is 103 Å². The van der Waals surface area contributed by atoms with Gasteiger partial charge in [0, 0.05) is 23.2 Å². The number of nitrogens with zero attached hydrogens (tertiary/aromatic N) is 1. The van der Waals surface area contributed by atoms with Crippen LogP contribution < -0.4 is 4.74 Å². The molecule has 1 heterocycles. The molecule has 0 N–H and O–H groups in total. The average molecular weight is 231 g/mol. The van der Waals surface area contributed by atoms with Gasteiger partial charge in [0.05, 0.1) is 12.6 Å². The summed E-state index contributed by atoms with van der Waals surface area (Å²) >= 11 is 0. The van der Waals surface area contributed by atoms with Crippen molar-refractivity contribution >= 4 is 10.9 Å². The number of methoxy groups -OCH3 is 1. The Hall–Kier alpha value is -1.44. The maximum atomic E-state index is 5.31. The third kappa shape index (κ3) is 2.04. The highest BCUT2D eigenvalue weighted by atomic mass is 16.5. The summed E-state index contributed by atoms with van der Waals surface area (Å²) in [5.41, 5.74) is 2.66. The van der Waals surface area contributed by atoms with Gasteiger partial charge in [-0.05, 0) is 38.0 Å². The van der Waals surface area contributed by atoms with Crippen LogP contribution in [-0.4, -0.2) is 11.7 Å². The fourth-order valence-electron chi connectivity index (χ4n) is 2.37. The van der Waals surface area contributed by atoms with E-state index in [2.05, 4.69) is 50.5 Å². The van der Waals surface area contributed by atoms with Gasteiger partial charge in [0.1, 0.15) is 5.75 Å². The molecular weight excluding hydrogens is 210 g/mol. The first kappa shape index (κ1) is 12.0. The number of fused-ring (bicyclic) bond motifs is 1. The van der Waals surface area contributed by atoms with Crippen LogP contribution in [0.4, 0.5) is 0 Å². The van der Waals surface area contributed by atoms with Crippen LogP contribution in [0.3, 0.4) is 0 Å². The summed E-state index contributed by atoms with van der Waals surface area (Å²) in [6.45, 7) is 8.93. The van der Waals surface area contributed by atoms with Crippen molar-refractivity contribution in [3.05, 3.63) is 30.0 Å². The van der Waals surface area contributed by atoms with Gasteiger partial charge < -0.3 is 9.30 Å². The van der Waals surface area contributed by atoms with Gasteiger partial charge in [0.15, 0.2) is 0 Å². The molecule has 0 aliphatic rings. The van der Waals surface area contributed by atoms with Crippen molar-refractivity contribution in [1.82, 2.24) is 4.57 Å². The first-order valence-electron chi connectivity index (χ1n) is 6.23. The Morgan fingerprint density at radius 1 is 1.06 bits per heavy atom. The molecular formula is C15H21NO. The minimum Gasteiger partial charge on any atom is -0.497 e. The largest absolute Gasteiger partial charge is 0.497 e. The zero-order chi connectivity index (χ0) is 12.6. The molecule has 92 valence electrons. The third-order valence-corrected chi connectivity index (χ3v) is 3.19. The molecule has 0 saturated carbocycles. The van der Waals surface area contributed by atoms with E-state index in [-0.39, 0.29) is 0 Å². The van der Waals surface area contributed by atoms with E-state index in [0.29, 0.717) is 12.0 Å². The monoisotopic (exact) mass is 231 g/mol. The van der Waals surface area contributed by atoms with Gasteiger partial charge in [-0.25, -0.2) is 0 Å². The van der Waals surface area contributed by atoms with Crippen LogP contribution in [0.1, 0.15) is 45.3 Å². The van der Waals surface area contributed by atoms with E-state index in [9.17, 15) is 0 Å². The molecule has 0 aliphatic heterocycles. The highest BCUT2D eigenvalue weighted by Crippen LogP contribution is 2.31. The second kappa shape index (κ2) is 4.44. The van der Waals surface area contributed by atoms with Crippen LogP contribution in [0.15, 0.2) is 24.3 Å². The predicted molar refractivity (Wildman–Crippen MR) is 73.0 cm³/mol. The Kier molecular flexibility index (Phi) is 3.14. The second-order valence-electron chi connectivity index (χ2n) is 5.11. The van der Waals surface area contributed by atoms with Crippen LogP contribution in [0.5, 0.6) is 5.75 Å². The molecule has 0 bridgehead atoms. The van der Waals surface area contributed by atoms with Gasteiger partial charge >= 0.3 is 0 Å². The summed E-state index contributed by atoms with van der Waals surface area (Å²) in [5.74, 6) is 1.46. The topological polar surface area (TPSA) is 14.2 Å². The molecule has 0 radical (unpaired) electrons. The van der Waals surface area contributed by atoms with E-state index in [1.54, 1.807) is 7.11 Å². The Balaban J connectivity index is 2.72. The number of hydrogen-bond donors (Lipinski definition) is 0. The summed E-state index contributed by atoms with van der Waals surface area (Å²) in [6, 6.07) is 9.05. The van der Waals surface area contributed by atoms with Crippen molar-refractivity contribution in [2.45, 2.75) is 39.7 Å². The molecule has 1 aromatic carbocycles. The number of ether oxygens (including phenoxy) is 1. The Morgan fingerprint density at radius 2 is 1.76 bits per heavy atom. The molecule has 0 saturated heterocycles. The van der Waals surface area contributed by atoms with Crippen LogP contribution in [0, 0.1) is 0 Å². The highest BCUT2D eigenvalue weighted by molar-refractivity contribution is 5.83. The normalized spacial score (nSPS) is 11.7. The minimum absolute atomic E-state index is 0.469. The van der Waals surface area contributed by atoms with Crippen molar-refractivity contribution in [2.24, 2.45) is 0 Å². The van der Waals surface area contributed by atoms with Crippen molar-refractivity contribution in [2.75, 3.05) is 7.11 Å². The maximum absolute atomic E-state index is 5.31. The Bertz CT molecular complexity index is 523. The smallest absolute Gasteiger partial charge is 0.120 e. The number of rotatable bonds is 3. The summed E-state index contributed by atoms with van der Waals surface area (Å²) in [4.78, 5) is 0. The van der Waals surface area contributed by atoms with Gasteiger partial charge in [0.25, 0.3) is 0 Å². The van der Waals surface area contributed by atoms with Crippen LogP contribution in [0.2, 0.25) is 0 Å². The summed E-state index contributed by atoms with van der Waals surface area (Å²) in [5, 5.41) is 1.29. The van der Waals surface area contributed by atoms with E-state index in [1.165, 1.54) is 16.6 Å². The lowest BCUT2D eigenvalue weighted by Crippen LogP contribution is -2.06. The Morgan fingerprint density at radius 3 is 2.29 bits per heavy atom. The van der Waals surface area contributed by atoms with Crippen LogP contribution >= 0.6 is 0 Å². The van der Waals surface area contributed by atoms with Crippen molar-refractivity contribution in [3.8, 4) is 5.75 Å². The van der Waals surface area contributed by atoms with E-state index in [0.717, 1.165) is 5.75 Å². The second-order valence-corrected chi connectivity index (χ2v) is 5.11. The predicted octanol–water partition coefficient (Wildman–Crippen LogP) is 4.35. The molecule has 2 rings (SSSR count). The van der Waals surface area contributed by atoms with Gasteiger partial charge in [-0.1, -0.05) is 13.8 Å². The van der Waals surface area contributed by atoms with E-state index in [4.69, 9.17) is 4.74 Å². The molecule has 2 heteroatoms. The summed E-state index contributed by atoms with van der Waals surface area (Å²) in [6.07, 6.45) is 0. The molecule has 1 aromatic heterocycles. The third-order valence-electron chi connectivity index (χ3n) is 3.19. The molecule has 0 aliphatic carbocycles. The highest BCUT2D eigenvalue weighted by Gasteiger charge is 2.14. The molecule has 2 aromatic rings. The van der Waals surface area contributed by atoms with Gasteiger partial charge in [-0.2, -0.15) is 0 Å². The summed E-state index contributed by atoms with van der Waals surface area (Å²) in [7, 11) is 1.72. The number of hydrogen-bond acceptors (Lipinski definition) is 1. The summed E-state index contributed by atoms with van der Waals surface area (Å²) < 4.78 is 7.72. The number of aromatic nitrogens is 1. The van der Waals surface area contributed by atoms with Crippen LogP contribution in [-0.2, 0) is 0 Å². The van der Waals surface area contributed by atoms with E-state index >= 15 is 0 Å². The molecule has 0 unspecified atom stereocenters. The maximum Gasteiger partial charge on any atom is 0.120 e.